The molecule has 92 valence electrons. The first-order valence-electron chi connectivity index (χ1n) is 5.85. The Labute approximate surface area is 118 Å². The summed E-state index contributed by atoms with van der Waals surface area (Å²) in [6.07, 6.45) is 0.930. The largest absolute Gasteiger partial charge is 0.312 e. The molecule has 0 aliphatic carbocycles. The van der Waals surface area contributed by atoms with Gasteiger partial charge in [0.2, 0.25) is 0 Å². The van der Waals surface area contributed by atoms with Crippen molar-refractivity contribution < 1.29 is 4.79 Å². The number of fused-ring (bicyclic) bond motifs is 1. The normalized spacial score (nSPS) is 14.3. The van der Waals surface area contributed by atoms with Gasteiger partial charge in [0.05, 0.1) is 0 Å². The molecule has 1 aromatic carbocycles. The van der Waals surface area contributed by atoms with Crippen LogP contribution in [0.5, 0.6) is 0 Å². The second-order valence-electron chi connectivity index (χ2n) is 4.33. The Morgan fingerprint density at radius 2 is 2.17 bits per heavy atom. The van der Waals surface area contributed by atoms with E-state index in [1.54, 1.807) is 11.3 Å². The summed E-state index contributed by atoms with van der Waals surface area (Å²) in [5.41, 5.74) is 4.08. The van der Waals surface area contributed by atoms with E-state index in [9.17, 15) is 4.79 Å². The molecule has 0 saturated carbocycles. The standard InChI is InChI=1S/C14H12BrNOS/c15-13-8-18-7-12(13)14(17)11-3-1-2-9-6-16-5-4-10(9)11/h1-3,7-8,16H,4-6H2. The summed E-state index contributed by atoms with van der Waals surface area (Å²) < 4.78 is 0.893. The molecule has 2 heterocycles. The molecule has 18 heavy (non-hydrogen) atoms. The maximum absolute atomic E-state index is 12.6. The zero-order chi connectivity index (χ0) is 12.5. The summed E-state index contributed by atoms with van der Waals surface area (Å²) in [4.78, 5) is 12.6. The lowest BCUT2D eigenvalue weighted by Crippen LogP contribution is -2.25. The smallest absolute Gasteiger partial charge is 0.195 e. The fourth-order valence-corrected chi connectivity index (χ4v) is 3.79. The molecule has 3 rings (SSSR count). The van der Waals surface area contributed by atoms with E-state index in [1.807, 2.05) is 22.9 Å². The van der Waals surface area contributed by atoms with Crippen molar-refractivity contribution in [1.29, 1.82) is 0 Å². The van der Waals surface area contributed by atoms with Gasteiger partial charge in [0.15, 0.2) is 5.78 Å². The van der Waals surface area contributed by atoms with Gasteiger partial charge in [0.25, 0.3) is 0 Å². The summed E-state index contributed by atoms with van der Waals surface area (Å²) in [6, 6.07) is 6.01. The van der Waals surface area contributed by atoms with Gasteiger partial charge in [-0.05, 0) is 40.0 Å². The Morgan fingerprint density at radius 3 is 2.94 bits per heavy atom. The number of carbonyl (C=O) groups is 1. The molecule has 0 saturated heterocycles. The average Bonchev–Trinajstić information content (AvgIpc) is 2.83. The van der Waals surface area contributed by atoms with Gasteiger partial charge in [-0.1, -0.05) is 18.2 Å². The number of thiophene rings is 1. The number of rotatable bonds is 2. The van der Waals surface area contributed by atoms with Gasteiger partial charge in [-0.15, -0.1) is 0 Å². The maximum atomic E-state index is 12.6. The Morgan fingerprint density at radius 1 is 1.28 bits per heavy atom. The van der Waals surface area contributed by atoms with Gasteiger partial charge in [0.1, 0.15) is 0 Å². The molecule has 1 aromatic heterocycles. The van der Waals surface area contributed by atoms with Crippen LogP contribution in [0.4, 0.5) is 0 Å². The average molecular weight is 322 g/mol. The van der Waals surface area contributed by atoms with E-state index in [0.29, 0.717) is 0 Å². The minimum atomic E-state index is 0.127. The summed E-state index contributed by atoms with van der Waals surface area (Å²) in [5, 5.41) is 7.19. The number of carbonyl (C=O) groups excluding carboxylic acids is 1. The quantitative estimate of drug-likeness (QED) is 0.859. The van der Waals surface area contributed by atoms with Crippen LogP contribution in [-0.4, -0.2) is 12.3 Å². The first kappa shape index (κ1) is 12.1. The lowest BCUT2D eigenvalue weighted by Gasteiger charge is -2.19. The van der Waals surface area contributed by atoms with Gasteiger partial charge in [-0.2, -0.15) is 11.3 Å². The SMILES string of the molecule is O=C(c1cscc1Br)c1cccc2c1CCNC2. The van der Waals surface area contributed by atoms with Crippen molar-refractivity contribution in [2.45, 2.75) is 13.0 Å². The van der Waals surface area contributed by atoms with Crippen molar-refractivity contribution in [2.75, 3.05) is 6.54 Å². The Balaban J connectivity index is 2.07. The van der Waals surface area contributed by atoms with E-state index in [2.05, 4.69) is 27.3 Å². The molecule has 1 N–H and O–H groups in total. The van der Waals surface area contributed by atoms with Crippen LogP contribution < -0.4 is 5.32 Å². The highest BCUT2D eigenvalue weighted by Gasteiger charge is 2.20. The fourth-order valence-electron chi connectivity index (χ4n) is 2.33. The van der Waals surface area contributed by atoms with E-state index in [0.717, 1.165) is 35.1 Å². The molecule has 0 spiro atoms. The van der Waals surface area contributed by atoms with Crippen molar-refractivity contribution in [3.05, 3.63) is 55.7 Å². The van der Waals surface area contributed by atoms with Crippen LogP contribution in [0.2, 0.25) is 0 Å². The van der Waals surface area contributed by atoms with Gasteiger partial charge >= 0.3 is 0 Å². The summed E-state index contributed by atoms with van der Waals surface area (Å²) >= 11 is 4.98. The molecule has 2 nitrogen and oxygen atoms in total. The minimum Gasteiger partial charge on any atom is -0.312 e. The molecule has 0 unspecified atom stereocenters. The molecule has 2 aromatic rings. The van der Waals surface area contributed by atoms with E-state index in [1.165, 1.54) is 11.1 Å². The second-order valence-corrected chi connectivity index (χ2v) is 5.93. The van der Waals surface area contributed by atoms with Gasteiger partial charge < -0.3 is 5.32 Å². The summed E-state index contributed by atoms with van der Waals surface area (Å²) in [7, 11) is 0. The fraction of sp³-hybridized carbons (Fsp3) is 0.214. The lowest BCUT2D eigenvalue weighted by atomic mass is 9.92. The number of nitrogens with one attached hydrogen (secondary N) is 1. The predicted octanol–water partition coefficient (Wildman–Crippen LogP) is 3.39. The van der Waals surface area contributed by atoms with Crippen molar-refractivity contribution in [3.8, 4) is 0 Å². The van der Waals surface area contributed by atoms with Gasteiger partial charge in [0, 0.05) is 32.9 Å². The second kappa shape index (κ2) is 4.96. The molecule has 1 aliphatic heterocycles. The third-order valence-electron chi connectivity index (χ3n) is 3.24. The predicted molar refractivity (Wildman–Crippen MR) is 77.3 cm³/mol. The minimum absolute atomic E-state index is 0.127. The van der Waals surface area contributed by atoms with Crippen LogP contribution in [-0.2, 0) is 13.0 Å². The molecule has 0 bridgehead atoms. The number of hydrogen-bond acceptors (Lipinski definition) is 3. The highest BCUT2D eigenvalue weighted by atomic mass is 79.9. The highest BCUT2D eigenvalue weighted by molar-refractivity contribution is 9.10. The number of hydrogen-bond donors (Lipinski definition) is 1. The maximum Gasteiger partial charge on any atom is 0.195 e. The number of benzene rings is 1. The summed E-state index contributed by atoms with van der Waals surface area (Å²) in [6.45, 7) is 1.81. The first-order valence-corrected chi connectivity index (χ1v) is 7.59. The van der Waals surface area contributed by atoms with Gasteiger partial charge in [-0.25, -0.2) is 0 Å². The van der Waals surface area contributed by atoms with Crippen LogP contribution in [0.25, 0.3) is 0 Å². The molecule has 0 atom stereocenters. The first-order chi connectivity index (χ1) is 8.77. The third kappa shape index (κ3) is 2.05. The molecule has 4 heteroatoms. The van der Waals surface area contributed by atoms with Crippen molar-refractivity contribution in [2.24, 2.45) is 0 Å². The van der Waals surface area contributed by atoms with Crippen LogP contribution >= 0.6 is 27.3 Å². The Hall–Kier alpha value is -0.970. The molecule has 0 radical (unpaired) electrons. The number of ketones is 1. The van der Waals surface area contributed by atoms with Crippen molar-refractivity contribution in [3.63, 3.8) is 0 Å². The number of halogens is 1. The molecular weight excluding hydrogens is 310 g/mol. The van der Waals surface area contributed by atoms with Gasteiger partial charge in [-0.3, -0.25) is 4.79 Å². The Bertz CT molecular complexity index is 606. The monoisotopic (exact) mass is 321 g/mol. The topological polar surface area (TPSA) is 29.1 Å². The Kier molecular flexibility index (Phi) is 3.33. The summed E-state index contributed by atoms with van der Waals surface area (Å²) in [5.74, 6) is 0.127. The van der Waals surface area contributed by atoms with E-state index in [-0.39, 0.29) is 5.78 Å². The third-order valence-corrected chi connectivity index (χ3v) is 4.95. The van der Waals surface area contributed by atoms with Crippen LogP contribution in [0, 0.1) is 0 Å². The van der Waals surface area contributed by atoms with Crippen molar-refractivity contribution in [1.82, 2.24) is 5.32 Å². The lowest BCUT2D eigenvalue weighted by molar-refractivity contribution is 0.103. The zero-order valence-corrected chi connectivity index (χ0v) is 12.1. The molecular formula is C14H12BrNOS. The van der Waals surface area contributed by atoms with Crippen LogP contribution in [0.15, 0.2) is 33.4 Å². The molecule has 0 fully saturated rings. The molecule has 0 amide bonds. The van der Waals surface area contributed by atoms with Crippen LogP contribution in [0.3, 0.4) is 0 Å². The highest BCUT2D eigenvalue weighted by Crippen LogP contribution is 2.27. The zero-order valence-electron chi connectivity index (χ0n) is 9.70. The van der Waals surface area contributed by atoms with Crippen LogP contribution in [0.1, 0.15) is 27.0 Å². The van der Waals surface area contributed by atoms with E-state index in [4.69, 9.17) is 0 Å². The molecule has 1 aliphatic rings. The van der Waals surface area contributed by atoms with Crippen molar-refractivity contribution >= 4 is 33.0 Å². The van der Waals surface area contributed by atoms with E-state index < -0.39 is 0 Å². The van der Waals surface area contributed by atoms with E-state index >= 15 is 0 Å².